The van der Waals surface area contributed by atoms with Crippen molar-refractivity contribution in [2.75, 3.05) is 33.2 Å². The Hall–Kier alpha value is -1.37. The highest BCUT2D eigenvalue weighted by molar-refractivity contribution is 5.34. The van der Waals surface area contributed by atoms with E-state index in [1.807, 2.05) is 0 Å². The Morgan fingerprint density at radius 1 is 1.14 bits per heavy atom. The van der Waals surface area contributed by atoms with E-state index in [0.29, 0.717) is 6.04 Å². The molecule has 1 heterocycles. The minimum atomic E-state index is -0.202. The van der Waals surface area contributed by atoms with Gasteiger partial charge >= 0.3 is 0 Å². The smallest absolute Gasteiger partial charge is 0.123 e. The van der Waals surface area contributed by atoms with Gasteiger partial charge in [-0.25, -0.2) is 4.39 Å². The number of nitrogens with zero attached hydrogens (tertiary/aromatic N) is 2. The largest absolute Gasteiger partial charge is 0.306 e. The topological polar surface area (TPSA) is 6.48 Å². The first-order valence-electron chi connectivity index (χ1n) is 8.38. The van der Waals surface area contributed by atoms with Gasteiger partial charge in [0, 0.05) is 18.2 Å². The molecule has 0 radical (unpaired) electrons. The molecule has 1 saturated heterocycles. The van der Waals surface area contributed by atoms with E-state index in [-0.39, 0.29) is 5.82 Å². The van der Waals surface area contributed by atoms with Crippen LogP contribution < -0.4 is 0 Å². The van der Waals surface area contributed by atoms with Crippen molar-refractivity contribution in [2.45, 2.75) is 31.7 Å². The molecule has 1 aromatic rings. The molecule has 0 spiro atoms. The lowest BCUT2D eigenvalue weighted by atomic mass is 10.0. The first-order valence-corrected chi connectivity index (χ1v) is 8.38. The Labute approximate surface area is 133 Å². The van der Waals surface area contributed by atoms with E-state index in [9.17, 15) is 4.39 Å². The number of rotatable bonds is 4. The van der Waals surface area contributed by atoms with Gasteiger partial charge in [-0.3, -0.25) is 4.90 Å². The molecule has 1 aromatic carbocycles. The third-order valence-electron chi connectivity index (χ3n) is 4.75. The lowest BCUT2D eigenvalue weighted by Crippen LogP contribution is -2.44. The first-order chi connectivity index (χ1) is 10.7. The molecule has 1 saturated carbocycles. The van der Waals surface area contributed by atoms with E-state index in [1.54, 1.807) is 12.1 Å². The van der Waals surface area contributed by atoms with Crippen LogP contribution in [-0.2, 0) is 0 Å². The van der Waals surface area contributed by atoms with Crippen molar-refractivity contribution in [2.24, 2.45) is 5.92 Å². The summed E-state index contributed by atoms with van der Waals surface area (Å²) >= 11 is 0. The van der Waals surface area contributed by atoms with Gasteiger partial charge in [-0.15, -0.1) is 0 Å². The maximum absolute atomic E-state index is 12.9. The minimum Gasteiger partial charge on any atom is -0.306 e. The van der Waals surface area contributed by atoms with Gasteiger partial charge in [-0.1, -0.05) is 11.8 Å². The van der Waals surface area contributed by atoms with Crippen LogP contribution in [0.5, 0.6) is 0 Å². The second-order valence-corrected chi connectivity index (χ2v) is 6.72. The standard InChI is InChI=1S/C19H25FN2/c1-21-13-10-19(11-14-21)22(15-17-4-5-17)12-2-3-16-6-8-18(20)9-7-16/h6-9,17,19H,4-5,10-15H2,1H3. The predicted molar refractivity (Wildman–Crippen MR) is 88.1 cm³/mol. The highest BCUT2D eigenvalue weighted by atomic mass is 19.1. The van der Waals surface area contributed by atoms with E-state index >= 15 is 0 Å². The van der Waals surface area contributed by atoms with E-state index in [1.165, 1.54) is 57.5 Å². The van der Waals surface area contributed by atoms with Gasteiger partial charge < -0.3 is 4.90 Å². The molecular formula is C19H25FN2. The molecule has 1 aliphatic heterocycles. The Balaban J connectivity index is 1.59. The molecule has 3 rings (SSSR count). The highest BCUT2D eigenvalue weighted by Crippen LogP contribution is 2.31. The number of halogens is 1. The molecule has 0 bridgehead atoms. The molecule has 0 aromatic heterocycles. The fourth-order valence-electron chi connectivity index (χ4n) is 3.11. The number of piperidine rings is 1. The third-order valence-corrected chi connectivity index (χ3v) is 4.75. The van der Waals surface area contributed by atoms with Crippen molar-refractivity contribution >= 4 is 0 Å². The van der Waals surface area contributed by atoms with E-state index in [0.717, 1.165) is 18.0 Å². The molecule has 3 heteroatoms. The average molecular weight is 300 g/mol. The summed E-state index contributed by atoms with van der Waals surface area (Å²) in [5.41, 5.74) is 0.899. The minimum absolute atomic E-state index is 0.202. The normalized spacial score (nSPS) is 20.0. The summed E-state index contributed by atoms with van der Waals surface area (Å²) in [6.45, 7) is 4.42. The molecule has 0 N–H and O–H groups in total. The Bertz CT molecular complexity index is 531. The van der Waals surface area contributed by atoms with Crippen molar-refractivity contribution in [1.29, 1.82) is 0 Å². The van der Waals surface area contributed by atoms with Gasteiger partial charge in [0.05, 0.1) is 6.54 Å². The quantitative estimate of drug-likeness (QED) is 0.789. The summed E-state index contributed by atoms with van der Waals surface area (Å²) in [5.74, 6) is 7.17. The molecule has 22 heavy (non-hydrogen) atoms. The summed E-state index contributed by atoms with van der Waals surface area (Å²) in [6.07, 6.45) is 5.27. The van der Waals surface area contributed by atoms with Gasteiger partial charge in [0.2, 0.25) is 0 Å². The van der Waals surface area contributed by atoms with Crippen LogP contribution in [0.4, 0.5) is 4.39 Å². The third kappa shape index (κ3) is 4.56. The fraction of sp³-hybridized carbons (Fsp3) is 0.579. The first kappa shape index (κ1) is 15.5. The lowest BCUT2D eigenvalue weighted by molar-refractivity contribution is 0.129. The summed E-state index contributed by atoms with van der Waals surface area (Å²) in [4.78, 5) is 5.00. The Kier molecular flexibility index (Phi) is 5.12. The summed E-state index contributed by atoms with van der Waals surface area (Å²) in [7, 11) is 2.20. The van der Waals surface area contributed by atoms with Crippen LogP contribution in [0.1, 0.15) is 31.2 Å². The zero-order valence-electron chi connectivity index (χ0n) is 13.4. The monoisotopic (exact) mass is 300 g/mol. The number of likely N-dealkylation sites (tertiary alicyclic amines) is 1. The average Bonchev–Trinajstić information content (AvgIpc) is 3.33. The Morgan fingerprint density at radius 2 is 1.82 bits per heavy atom. The van der Waals surface area contributed by atoms with Crippen molar-refractivity contribution in [3.8, 4) is 11.8 Å². The van der Waals surface area contributed by atoms with E-state index in [4.69, 9.17) is 0 Å². The van der Waals surface area contributed by atoms with Gasteiger partial charge in [0.25, 0.3) is 0 Å². The number of benzene rings is 1. The summed E-state index contributed by atoms with van der Waals surface area (Å²) in [6, 6.07) is 7.14. The molecule has 0 amide bonds. The molecule has 118 valence electrons. The van der Waals surface area contributed by atoms with Crippen LogP contribution in [0.2, 0.25) is 0 Å². The number of hydrogen-bond donors (Lipinski definition) is 0. The van der Waals surface area contributed by atoms with Crippen LogP contribution >= 0.6 is 0 Å². The van der Waals surface area contributed by atoms with Gasteiger partial charge in [-0.2, -0.15) is 0 Å². The predicted octanol–water partition coefficient (Wildman–Crippen LogP) is 2.98. The molecule has 0 unspecified atom stereocenters. The van der Waals surface area contributed by atoms with Crippen molar-refractivity contribution in [3.05, 3.63) is 35.6 Å². The zero-order chi connectivity index (χ0) is 15.4. The second-order valence-electron chi connectivity index (χ2n) is 6.72. The summed E-state index contributed by atoms with van der Waals surface area (Å²) < 4.78 is 12.9. The van der Waals surface area contributed by atoms with Crippen LogP contribution in [0.15, 0.2) is 24.3 Å². The van der Waals surface area contributed by atoms with Crippen molar-refractivity contribution < 1.29 is 4.39 Å². The molecule has 2 nitrogen and oxygen atoms in total. The molecule has 2 fully saturated rings. The zero-order valence-corrected chi connectivity index (χ0v) is 13.4. The van der Waals surface area contributed by atoms with Gasteiger partial charge in [0.1, 0.15) is 5.82 Å². The van der Waals surface area contributed by atoms with Gasteiger partial charge in [-0.05, 0) is 76.0 Å². The van der Waals surface area contributed by atoms with Gasteiger partial charge in [0.15, 0.2) is 0 Å². The van der Waals surface area contributed by atoms with E-state index < -0.39 is 0 Å². The maximum Gasteiger partial charge on any atom is 0.123 e. The van der Waals surface area contributed by atoms with Crippen molar-refractivity contribution in [1.82, 2.24) is 9.80 Å². The molecular weight excluding hydrogens is 275 g/mol. The van der Waals surface area contributed by atoms with Crippen LogP contribution in [0, 0.1) is 23.6 Å². The summed E-state index contributed by atoms with van der Waals surface area (Å²) in [5, 5.41) is 0. The van der Waals surface area contributed by atoms with Crippen molar-refractivity contribution in [3.63, 3.8) is 0 Å². The molecule has 2 aliphatic rings. The van der Waals surface area contributed by atoms with Crippen LogP contribution in [-0.4, -0.2) is 49.1 Å². The van der Waals surface area contributed by atoms with E-state index in [2.05, 4.69) is 28.7 Å². The molecule has 1 aliphatic carbocycles. The number of hydrogen-bond acceptors (Lipinski definition) is 2. The fourth-order valence-corrected chi connectivity index (χ4v) is 3.11. The highest BCUT2D eigenvalue weighted by Gasteiger charge is 2.29. The maximum atomic E-state index is 12.9. The molecule has 0 atom stereocenters. The van der Waals surface area contributed by atoms with Crippen LogP contribution in [0.3, 0.4) is 0 Å². The Morgan fingerprint density at radius 3 is 2.45 bits per heavy atom. The lowest BCUT2D eigenvalue weighted by Gasteiger charge is -2.36. The second kappa shape index (κ2) is 7.26. The SMILES string of the molecule is CN1CCC(N(CC#Cc2ccc(F)cc2)CC2CC2)CC1. The van der Waals surface area contributed by atoms with Crippen LogP contribution in [0.25, 0.3) is 0 Å².